The summed E-state index contributed by atoms with van der Waals surface area (Å²) in [4.78, 5) is 29.5. The number of benzene rings is 1. The van der Waals surface area contributed by atoms with Crippen molar-refractivity contribution in [3.63, 3.8) is 0 Å². The van der Waals surface area contributed by atoms with Gasteiger partial charge in [0.2, 0.25) is 5.91 Å². The average Bonchev–Trinajstić information content (AvgIpc) is 2.93. The van der Waals surface area contributed by atoms with Gasteiger partial charge in [-0.3, -0.25) is 13.9 Å². The number of pyridine rings is 1. The number of aryl methyl sites for hydroxylation is 2. The van der Waals surface area contributed by atoms with Crippen LogP contribution in [0.3, 0.4) is 0 Å². The van der Waals surface area contributed by atoms with Crippen LogP contribution in [0, 0.1) is 6.92 Å². The topological polar surface area (TPSA) is 68.9 Å². The molecule has 0 saturated heterocycles. The number of amides is 1. The second-order valence-corrected chi connectivity index (χ2v) is 6.75. The number of nitrogens with one attached hydrogen (secondary N) is 1. The first kappa shape index (κ1) is 18.9. The van der Waals surface area contributed by atoms with Gasteiger partial charge in [0.05, 0.1) is 5.52 Å². The molecular formula is C21H28N4O2. The van der Waals surface area contributed by atoms with Crippen molar-refractivity contribution in [1.29, 1.82) is 0 Å². The SMILES string of the molecule is CCCCNC(=O)Cn1c(=O)n(CC)c2cc(-c3ccc(C)cc3)cnc21.[HH]. The van der Waals surface area contributed by atoms with Crippen LogP contribution in [0.2, 0.25) is 0 Å². The van der Waals surface area contributed by atoms with E-state index in [2.05, 4.69) is 29.4 Å². The molecule has 3 rings (SSSR count). The van der Waals surface area contributed by atoms with E-state index in [9.17, 15) is 9.59 Å². The molecule has 0 atom stereocenters. The Morgan fingerprint density at radius 2 is 1.89 bits per heavy atom. The van der Waals surface area contributed by atoms with Gasteiger partial charge < -0.3 is 5.32 Å². The molecule has 144 valence electrons. The normalized spacial score (nSPS) is 11.1. The van der Waals surface area contributed by atoms with Crippen molar-refractivity contribution in [2.45, 2.75) is 46.7 Å². The number of rotatable bonds is 7. The zero-order valence-corrected chi connectivity index (χ0v) is 16.2. The van der Waals surface area contributed by atoms with Crippen LogP contribution in [0.25, 0.3) is 22.3 Å². The highest BCUT2D eigenvalue weighted by atomic mass is 16.2. The van der Waals surface area contributed by atoms with Crippen molar-refractivity contribution in [3.05, 3.63) is 52.6 Å². The van der Waals surface area contributed by atoms with E-state index in [4.69, 9.17) is 0 Å². The Bertz CT molecular complexity index is 1010. The molecule has 2 aromatic heterocycles. The largest absolute Gasteiger partial charge is 0.355 e. The lowest BCUT2D eigenvalue weighted by molar-refractivity contribution is -0.121. The minimum atomic E-state index is -0.202. The molecule has 0 spiro atoms. The molecule has 0 radical (unpaired) electrons. The van der Waals surface area contributed by atoms with E-state index >= 15 is 0 Å². The van der Waals surface area contributed by atoms with E-state index in [0.29, 0.717) is 18.7 Å². The minimum absolute atomic E-state index is 0. The third-order valence-corrected chi connectivity index (χ3v) is 4.71. The van der Waals surface area contributed by atoms with Crippen LogP contribution in [-0.4, -0.2) is 26.6 Å². The molecule has 0 fully saturated rings. The van der Waals surface area contributed by atoms with Gasteiger partial charge in [-0.2, -0.15) is 0 Å². The summed E-state index contributed by atoms with van der Waals surface area (Å²) < 4.78 is 3.12. The summed E-state index contributed by atoms with van der Waals surface area (Å²) in [6.45, 7) is 7.18. The van der Waals surface area contributed by atoms with Crippen molar-refractivity contribution in [2.24, 2.45) is 0 Å². The van der Waals surface area contributed by atoms with Gasteiger partial charge in [-0.1, -0.05) is 43.2 Å². The van der Waals surface area contributed by atoms with Gasteiger partial charge in [0, 0.05) is 26.3 Å². The van der Waals surface area contributed by atoms with Gasteiger partial charge in [0.1, 0.15) is 6.54 Å². The molecule has 2 heterocycles. The number of hydrogen-bond donors (Lipinski definition) is 1. The number of carbonyl (C=O) groups excluding carboxylic acids is 1. The lowest BCUT2D eigenvalue weighted by atomic mass is 10.1. The highest BCUT2D eigenvalue weighted by Gasteiger charge is 2.16. The zero-order chi connectivity index (χ0) is 19.4. The van der Waals surface area contributed by atoms with Gasteiger partial charge in [-0.15, -0.1) is 0 Å². The molecule has 0 bridgehead atoms. The molecule has 0 aliphatic heterocycles. The summed E-state index contributed by atoms with van der Waals surface area (Å²) in [5.41, 5.74) is 4.29. The lowest BCUT2D eigenvalue weighted by Gasteiger charge is -2.06. The van der Waals surface area contributed by atoms with Gasteiger partial charge >= 0.3 is 5.69 Å². The Labute approximate surface area is 160 Å². The second-order valence-electron chi connectivity index (χ2n) is 6.75. The highest BCUT2D eigenvalue weighted by Crippen LogP contribution is 2.23. The third-order valence-electron chi connectivity index (χ3n) is 4.71. The average molecular weight is 368 g/mol. The van der Waals surface area contributed by atoms with Crippen LogP contribution in [0.4, 0.5) is 0 Å². The molecule has 1 aromatic carbocycles. The molecule has 3 aromatic rings. The fourth-order valence-corrected chi connectivity index (χ4v) is 3.15. The molecule has 27 heavy (non-hydrogen) atoms. The standard InChI is InChI=1S/C21H26N4O2.H2/c1-4-6-11-22-19(26)14-25-20-18(24(5-2)21(25)27)12-17(13-23-20)16-9-7-15(3)8-10-16;/h7-10,12-13H,4-6,11,14H2,1-3H3,(H,22,26);1H. The Hall–Kier alpha value is -2.89. The summed E-state index contributed by atoms with van der Waals surface area (Å²) in [6.07, 6.45) is 3.70. The van der Waals surface area contributed by atoms with Gasteiger partial charge in [-0.05, 0) is 31.9 Å². The summed E-state index contributed by atoms with van der Waals surface area (Å²) in [7, 11) is 0. The fourth-order valence-electron chi connectivity index (χ4n) is 3.15. The minimum Gasteiger partial charge on any atom is -0.355 e. The number of nitrogens with zero attached hydrogens (tertiary/aromatic N) is 3. The van der Waals surface area contributed by atoms with Crippen molar-refractivity contribution >= 4 is 17.1 Å². The molecular weight excluding hydrogens is 340 g/mol. The summed E-state index contributed by atoms with van der Waals surface area (Å²) in [5, 5.41) is 2.86. The first-order valence-corrected chi connectivity index (χ1v) is 9.48. The zero-order valence-electron chi connectivity index (χ0n) is 16.2. The van der Waals surface area contributed by atoms with Crippen molar-refractivity contribution < 1.29 is 6.22 Å². The van der Waals surface area contributed by atoms with Crippen molar-refractivity contribution in [2.75, 3.05) is 6.54 Å². The van der Waals surface area contributed by atoms with Gasteiger partial charge in [-0.25, -0.2) is 9.78 Å². The highest BCUT2D eigenvalue weighted by molar-refractivity contribution is 5.81. The van der Waals surface area contributed by atoms with E-state index in [1.165, 1.54) is 10.1 Å². The Morgan fingerprint density at radius 1 is 1.15 bits per heavy atom. The number of fused-ring (bicyclic) bond motifs is 1. The van der Waals surface area contributed by atoms with E-state index < -0.39 is 0 Å². The van der Waals surface area contributed by atoms with Crippen LogP contribution in [0.1, 0.15) is 33.7 Å². The van der Waals surface area contributed by atoms with Crippen LogP contribution in [-0.2, 0) is 17.9 Å². The number of imidazole rings is 1. The maximum absolute atomic E-state index is 12.8. The summed E-state index contributed by atoms with van der Waals surface area (Å²) in [5.74, 6) is -0.162. The number of hydrogen-bond acceptors (Lipinski definition) is 3. The van der Waals surface area contributed by atoms with E-state index in [0.717, 1.165) is 29.5 Å². The van der Waals surface area contributed by atoms with Gasteiger partial charge in [0.15, 0.2) is 5.65 Å². The first-order chi connectivity index (χ1) is 13.0. The first-order valence-electron chi connectivity index (χ1n) is 9.48. The van der Waals surface area contributed by atoms with Crippen molar-refractivity contribution in [1.82, 2.24) is 19.4 Å². The molecule has 1 N–H and O–H groups in total. The molecule has 0 unspecified atom stereocenters. The number of aromatic nitrogens is 3. The monoisotopic (exact) mass is 368 g/mol. The predicted octanol–water partition coefficient (Wildman–Crippen LogP) is 3.36. The van der Waals surface area contributed by atoms with Crippen LogP contribution < -0.4 is 11.0 Å². The second kappa shape index (κ2) is 8.20. The summed E-state index contributed by atoms with van der Waals surface area (Å²) in [6, 6.07) is 10.2. The maximum Gasteiger partial charge on any atom is 0.330 e. The van der Waals surface area contributed by atoms with Crippen LogP contribution in [0.5, 0.6) is 0 Å². The van der Waals surface area contributed by atoms with Gasteiger partial charge in [0.25, 0.3) is 0 Å². The Balaban J connectivity index is 0.00000280. The molecule has 6 nitrogen and oxygen atoms in total. The predicted molar refractivity (Wildman–Crippen MR) is 110 cm³/mol. The molecule has 0 aliphatic carbocycles. The maximum atomic E-state index is 12.8. The quantitative estimate of drug-likeness (QED) is 0.650. The Morgan fingerprint density at radius 3 is 2.56 bits per heavy atom. The molecule has 0 saturated carbocycles. The third kappa shape index (κ3) is 3.94. The molecule has 6 heteroatoms. The molecule has 1 amide bonds. The van der Waals surface area contributed by atoms with E-state index in [1.807, 2.05) is 32.0 Å². The number of unbranched alkanes of at least 4 members (excludes halogenated alkanes) is 1. The number of carbonyl (C=O) groups is 1. The fraction of sp³-hybridized carbons (Fsp3) is 0.381. The lowest BCUT2D eigenvalue weighted by Crippen LogP contribution is -2.33. The smallest absolute Gasteiger partial charge is 0.330 e. The summed E-state index contributed by atoms with van der Waals surface area (Å²) >= 11 is 0. The van der Waals surface area contributed by atoms with Crippen molar-refractivity contribution in [3.8, 4) is 11.1 Å². The molecule has 0 aliphatic rings. The van der Waals surface area contributed by atoms with E-state index in [-0.39, 0.29) is 19.6 Å². The van der Waals surface area contributed by atoms with Crippen LogP contribution >= 0.6 is 0 Å². The van der Waals surface area contributed by atoms with Crippen LogP contribution in [0.15, 0.2) is 41.3 Å². The van der Waals surface area contributed by atoms with E-state index in [1.54, 1.807) is 10.8 Å². The Kier molecular flexibility index (Phi) is 5.74.